The molecule has 2 heterocycles. The molecule has 21 heavy (non-hydrogen) atoms. The fourth-order valence-electron chi connectivity index (χ4n) is 1.61. The predicted molar refractivity (Wildman–Crippen MR) is 72.0 cm³/mol. The summed E-state index contributed by atoms with van der Waals surface area (Å²) < 4.78 is 0. The van der Waals surface area contributed by atoms with E-state index in [0.717, 1.165) is 4.90 Å². The first-order chi connectivity index (χ1) is 9.97. The van der Waals surface area contributed by atoms with Gasteiger partial charge in [-0.15, -0.1) is 0 Å². The van der Waals surface area contributed by atoms with Crippen molar-refractivity contribution in [1.82, 2.24) is 5.32 Å². The number of benzene rings is 1. The quantitative estimate of drug-likeness (QED) is 0.708. The number of carbonyl (C=O) groups is 4. The molecule has 1 aromatic carbocycles. The molecule has 0 saturated carbocycles. The number of phenols is 1. The minimum Gasteiger partial charge on any atom is -0.508 e. The number of anilines is 1. The van der Waals surface area contributed by atoms with Crippen LogP contribution < -0.4 is 10.2 Å². The van der Waals surface area contributed by atoms with E-state index in [1.165, 1.54) is 48.6 Å². The maximum Gasteiger partial charge on any atom is 0.258 e. The number of aromatic hydroxyl groups is 1. The molecule has 4 amide bonds. The maximum atomic E-state index is 11.2. The Morgan fingerprint density at radius 3 is 1.62 bits per heavy atom. The molecule has 2 aliphatic heterocycles. The van der Waals surface area contributed by atoms with Gasteiger partial charge in [0.1, 0.15) is 5.75 Å². The van der Waals surface area contributed by atoms with E-state index in [0.29, 0.717) is 5.69 Å². The number of phenolic OH excluding ortho intramolecular Hbond substituents is 1. The smallest absolute Gasteiger partial charge is 0.258 e. The molecule has 0 saturated heterocycles. The van der Waals surface area contributed by atoms with E-state index in [9.17, 15) is 19.2 Å². The van der Waals surface area contributed by atoms with Crippen LogP contribution in [0.25, 0.3) is 0 Å². The Labute approximate surface area is 119 Å². The maximum absolute atomic E-state index is 11.2. The highest BCUT2D eigenvalue weighted by atomic mass is 16.3. The molecular weight excluding hydrogens is 276 g/mol. The fraction of sp³-hybridized carbons (Fsp3) is 0. The standard InChI is InChI=1S/C10H7NO3.C4H3NO2/c12-8-3-1-7(2-4-8)11-9(13)5-6-10(11)14;6-3-1-2-4(7)5-3/h1-6,12H;1-2H,(H,5,6,7). The number of imide groups is 2. The minimum atomic E-state index is -0.360. The first-order valence-corrected chi connectivity index (χ1v) is 5.85. The lowest BCUT2D eigenvalue weighted by molar-refractivity contribution is -0.124. The lowest BCUT2D eigenvalue weighted by Crippen LogP contribution is -2.29. The Morgan fingerprint density at radius 2 is 1.24 bits per heavy atom. The summed E-state index contributed by atoms with van der Waals surface area (Å²) in [6, 6.07) is 5.87. The second-order valence-corrected chi connectivity index (χ2v) is 4.05. The van der Waals surface area contributed by atoms with Crippen molar-refractivity contribution in [3.05, 3.63) is 48.6 Å². The fourth-order valence-corrected chi connectivity index (χ4v) is 1.61. The normalized spacial score (nSPS) is 16.1. The van der Waals surface area contributed by atoms with Crippen LogP contribution in [-0.2, 0) is 19.2 Å². The monoisotopic (exact) mass is 286 g/mol. The van der Waals surface area contributed by atoms with Gasteiger partial charge in [-0.25, -0.2) is 4.90 Å². The largest absolute Gasteiger partial charge is 0.508 e. The highest BCUT2D eigenvalue weighted by molar-refractivity contribution is 6.28. The Balaban J connectivity index is 0.000000194. The van der Waals surface area contributed by atoms with Crippen molar-refractivity contribution in [2.75, 3.05) is 4.90 Å². The van der Waals surface area contributed by atoms with Gasteiger partial charge in [-0.2, -0.15) is 0 Å². The molecule has 3 rings (SSSR count). The van der Waals surface area contributed by atoms with Gasteiger partial charge in [0.05, 0.1) is 5.69 Å². The van der Waals surface area contributed by atoms with E-state index in [2.05, 4.69) is 0 Å². The third-order valence-corrected chi connectivity index (χ3v) is 2.55. The zero-order valence-electron chi connectivity index (χ0n) is 10.6. The molecule has 2 aliphatic rings. The number of rotatable bonds is 1. The van der Waals surface area contributed by atoms with Gasteiger partial charge in [-0.3, -0.25) is 24.5 Å². The van der Waals surface area contributed by atoms with Gasteiger partial charge in [-0.05, 0) is 24.3 Å². The SMILES string of the molecule is O=C1C=CC(=O)N1.O=C1C=CC(=O)N1c1ccc(O)cc1. The Bertz CT molecular complexity index is 639. The van der Waals surface area contributed by atoms with E-state index < -0.39 is 0 Å². The number of hydrogen-bond acceptors (Lipinski definition) is 5. The molecule has 0 radical (unpaired) electrons. The van der Waals surface area contributed by atoms with Crippen molar-refractivity contribution in [2.45, 2.75) is 0 Å². The first kappa shape index (κ1) is 14.2. The van der Waals surface area contributed by atoms with Crippen LogP contribution in [0.4, 0.5) is 5.69 Å². The van der Waals surface area contributed by atoms with Crippen LogP contribution in [0.5, 0.6) is 5.75 Å². The van der Waals surface area contributed by atoms with Gasteiger partial charge < -0.3 is 5.11 Å². The van der Waals surface area contributed by atoms with Crippen molar-refractivity contribution < 1.29 is 24.3 Å². The molecular formula is C14H10N2O5. The highest BCUT2D eigenvalue weighted by Crippen LogP contribution is 2.21. The molecule has 1 aromatic rings. The van der Waals surface area contributed by atoms with Gasteiger partial charge >= 0.3 is 0 Å². The molecule has 0 aliphatic carbocycles. The van der Waals surface area contributed by atoms with Gasteiger partial charge in [0, 0.05) is 24.3 Å². The summed E-state index contributed by atoms with van der Waals surface area (Å²) in [4.78, 5) is 43.6. The summed E-state index contributed by atoms with van der Waals surface area (Å²) in [5.74, 6) is -1.28. The van der Waals surface area contributed by atoms with Crippen LogP contribution in [0.3, 0.4) is 0 Å². The summed E-state index contributed by atoms with van der Waals surface area (Å²) >= 11 is 0. The zero-order chi connectivity index (χ0) is 15.4. The molecule has 7 nitrogen and oxygen atoms in total. The molecule has 106 valence electrons. The van der Waals surface area contributed by atoms with Crippen molar-refractivity contribution in [3.63, 3.8) is 0 Å². The van der Waals surface area contributed by atoms with Gasteiger partial charge in [0.2, 0.25) is 0 Å². The lowest BCUT2D eigenvalue weighted by atomic mass is 10.3. The molecule has 7 heteroatoms. The summed E-state index contributed by atoms with van der Waals surface area (Å²) in [7, 11) is 0. The van der Waals surface area contributed by atoms with Crippen molar-refractivity contribution in [1.29, 1.82) is 0 Å². The van der Waals surface area contributed by atoms with Crippen LogP contribution in [0.1, 0.15) is 0 Å². The Morgan fingerprint density at radius 1 is 0.762 bits per heavy atom. The number of nitrogens with zero attached hydrogens (tertiary/aromatic N) is 1. The molecule has 0 bridgehead atoms. The van der Waals surface area contributed by atoms with E-state index in [1.54, 1.807) is 0 Å². The van der Waals surface area contributed by atoms with E-state index in [1.807, 2.05) is 5.32 Å². The van der Waals surface area contributed by atoms with Gasteiger partial charge in [0.25, 0.3) is 23.6 Å². The molecule has 0 atom stereocenters. The topological polar surface area (TPSA) is 104 Å². The first-order valence-electron chi connectivity index (χ1n) is 5.85. The average molecular weight is 286 g/mol. The van der Waals surface area contributed by atoms with Crippen molar-refractivity contribution in [2.24, 2.45) is 0 Å². The van der Waals surface area contributed by atoms with Crippen molar-refractivity contribution in [3.8, 4) is 5.75 Å². The Hall–Kier alpha value is -3.22. The minimum absolute atomic E-state index is 0.0980. The van der Waals surface area contributed by atoms with Crippen LogP contribution in [0.15, 0.2) is 48.6 Å². The molecule has 0 fully saturated rings. The van der Waals surface area contributed by atoms with Crippen LogP contribution >= 0.6 is 0 Å². The lowest BCUT2D eigenvalue weighted by Gasteiger charge is -2.13. The van der Waals surface area contributed by atoms with Crippen molar-refractivity contribution >= 4 is 29.3 Å². The summed E-state index contributed by atoms with van der Waals surface area (Å²) in [5, 5.41) is 11.1. The van der Waals surface area contributed by atoms with Crippen LogP contribution in [0, 0.1) is 0 Å². The second-order valence-electron chi connectivity index (χ2n) is 4.05. The van der Waals surface area contributed by atoms with Crippen LogP contribution in [-0.4, -0.2) is 28.7 Å². The molecule has 0 aromatic heterocycles. The summed E-state index contributed by atoms with van der Waals surface area (Å²) in [5.41, 5.74) is 0.461. The number of nitrogens with one attached hydrogen (secondary N) is 1. The number of amides is 4. The zero-order valence-corrected chi connectivity index (χ0v) is 10.6. The van der Waals surface area contributed by atoms with Gasteiger partial charge in [0.15, 0.2) is 0 Å². The summed E-state index contributed by atoms with van der Waals surface area (Å²) in [6.45, 7) is 0. The van der Waals surface area contributed by atoms with Crippen LogP contribution in [0.2, 0.25) is 0 Å². The third-order valence-electron chi connectivity index (χ3n) is 2.55. The molecule has 2 N–H and O–H groups in total. The summed E-state index contributed by atoms with van der Waals surface area (Å²) in [6.07, 6.45) is 4.83. The van der Waals surface area contributed by atoms with E-state index >= 15 is 0 Å². The third kappa shape index (κ3) is 3.41. The average Bonchev–Trinajstić information content (AvgIpc) is 2.98. The second kappa shape index (κ2) is 5.83. The Kier molecular flexibility index (Phi) is 3.94. The predicted octanol–water partition coefficient (Wildman–Crippen LogP) is 0.0206. The number of carbonyl (C=O) groups excluding carboxylic acids is 4. The van der Waals surface area contributed by atoms with E-state index in [4.69, 9.17) is 5.11 Å². The molecule has 0 spiro atoms. The molecule has 0 unspecified atom stereocenters. The van der Waals surface area contributed by atoms with E-state index in [-0.39, 0.29) is 29.4 Å². The highest BCUT2D eigenvalue weighted by Gasteiger charge is 2.24. The van der Waals surface area contributed by atoms with Gasteiger partial charge in [-0.1, -0.05) is 0 Å². The number of hydrogen-bond donors (Lipinski definition) is 2.